The maximum atomic E-state index is 13.3. The van der Waals surface area contributed by atoms with E-state index in [-0.39, 0.29) is 5.82 Å². The maximum Gasteiger partial charge on any atom is 0.137 e. The predicted octanol–water partition coefficient (Wildman–Crippen LogP) is 3.90. The van der Waals surface area contributed by atoms with Gasteiger partial charge in [0.05, 0.1) is 16.4 Å². The summed E-state index contributed by atoms with van der Waals surface area (Å²) in [6.45, 7) is 2.59. The maximum absolute atomic E-state index is 13.3. The van der Waals surface area contributed by atoms with Crippen LogP contribution in [0.4, 0.5) is 10.1 Å². The molecule has 4 heteroatoms. The molecule has 0 bridgehead atoms. The standard InChI is InChI=1S/C13H12BrFN2/c1-9-4-5-16-8-13(9)17-7-10-2-3-11(14)12(15)6-10/h2-6,8,17H,7H2,1H3. The van der Waals surface area contributed by atoms with Crippen molar-refractivity contribution in [1.29, 1.82) is 0 Å². The Morgan fingerprint density at radius 2 is 2.18 bits per heavy atom. The van der Waals surface area contributed by atoms with Gasteiger partial charge in [0.15, 0.2) is 0 Å². The topological polar surface area (TPSA) is 24.9 Å². The lowest BCUT2D eigenvalue weighted by Gasteiger charge is -2.09. The molecule has 0 fully saturated rings. The number of hydrogen-bond acceptors (Lipinski definition) is 2. The largest absolute Gasteiger partial charge is 0.380 e. The molecule has 0 amide bonds. The normalized spacial score (nSPS) is 10.3. The average molecular weight is 295 g/mol. The molecule has 17 heavy (non-hydrogen) atoms. The summed E-state index contributed by atoms with van der Waals surface area (Å²) in [7, 11) is 0. The van der Waals surface area contributed by atoms with Crippen molar-refractivity contribution in [2.24, 2.45) is 0 Å². The van der Waals surface area contributed by atoms with Crippen LogP contribution >= 0.6 is 15.9 Å². The van der Waals surface area contributed by atoms with Gasteiger partial charge in [-0.3, -0.25) is 4.98 Å². The SMILES string of the molecule is Cc1ccncc1NCc1ccc(Br)c(F)c1. The second-order valence-corrected chi connectivity index (χ2v) is 4.65. The zero-order chi connectivity index (χ0) is 12.3. The first-order chi connectivity index (χ1) is 8.16. The number of rotatable bonds is 3. The van der Waals surface area contributed by atoms with E-state index in [1.54, 1.807) is 18.5 Å². The number of aromatic nitrogens is 1. The molecule has 0 saturated carbocycles. The first kappa shape index (κ1) is 12.0. The summed E-state index contributed by atoms with van der Waals surface area (Å²) < 4.78 is 13.8. The fourth-order valence-electron chi connectivity index (χ4n) is 1.50. The third-order valence-corrected chi connectivity index (χ3v) is 3.15. The van der Waals surface area contributed by atoms with Crippen LogP contribution in [0.5, 0.6) is 0 Å². The molecule has 0 atom stereocenters. The van der Waals surface area contributed by atoms with Crippen LogP contribution in [0.3, 0.4) is 0 Å². The zero-order valence-electron chi connectivity index (χ0n) is 9.37. The van der Waals surface area contributed by atoms with Crippen LogP contribution < -0.4 is 5.32 Å². The molecule has 2 rings (SSSR count). The quantitative estimate of drug-likeness (QED) is 0.928. The molecule has 1 aromatic heterocycles. The van der Waals surface area contributed by atoms with E-state index in [0.29, 0.717) is 11.0 Å². The van der Waals surface area contributed by atoms with Crippen LogP contribution in [0.25, 0.3) is 0 Å². The van der Waals surface area contributed by atoms with Crippen LogP contribution in [-0.4, -0.2) is 4.98 Å². The molecule has 0 unspecified atom stereocenters. The monoisotopic (exact) mass is 294 g/mol. The summed E-state index contributed by atoms with van der Waals surface area (Å²) in [5, 5.41) is 3.23. The van der Waals surface area contributed by atoms with Crippen molar-refractivity contribution in [3.05, 3.63) is 58.1 Å². The zero-order valence-corrected chi connectivity index (χ0v) is 11.0. The second kappa shape index (κ2) is 5.27. The Hall–Kier alpha value is -1.42. The molecule has 1 heterocycles. The smallest absolute Gasteiger partial charge is 0.137 e. The van der Waals surface area contributed by atoms with Gasteiger partial charge >= 0.3 is 0 Å². The molecule has 0 spiro atoms. The van der Waals surface area contributed by atoms with Crippen LogP contribution in [0.1, 0.15) is 11.1 Å². The van der Waals surface area contributed by atoms with Gasteiger partial charge < -0.3 is 5.32 Å². The van der Waals surface area contributed by atoms with Crippen molar-refractivity contribution in [2.45, 2.75) is 13.5 Å². The highest BCUT2D eigenvalue weighted by atomic mass is 79.9. The average Bonchev–Trinajstić information content (AvgIpc) is 2.32. The van der Waals surface area contributed by atoms with Crippen molar-refractivity contribution >= 4 is 21.6 Å². The van der Waals surface area contributed by atoms with Gasteiger partial charge in [-0.15, -0.1) is 0 Å². The number of hydrogen-bond donors (Lipinski definition) is 1. The minimum atomic E-state index is -0.243. The van der Waals surface area contributed by atoms with Gasteiger partial charge in [-0.1, -0.05) is 6.07 Å². The summed E-state index contributed by atoms with van der Waals surface area (Å²) in [6, 6.07) is 7.04. The second-order valence-electron chi connectivity index (χ2n) is 3.79. The Labute approximate surface area is 108 Å². The van der Waals surface area contributed by atoms with E-state index in [0.717, 1.165) is 16.8 Å². The Morgan fingerprint density at radius 3 is 2.88 bits per heavy atom. The van der Waals surface area contributed by atoms with Gasteiger partial charge in [0.2, 0.25) is 0 Å². The van der Waals surface area contributed by atoms with E-state index in [9.17, 15) is 4.39 Å². The highest BCUT2D eigenvalue weighted by Gasteiger charge is 2.01. The first-order valence-electron chi connectivity index (χ1n) is 5.25. The first-order valence-corrected chi connectivity index (χ1v) is 6.04. The molecule has 0 saturated heterocycles. The summed E-state index contributed by atoms with van der Waals surface area (Å²) in [4.78, 5) is 4.05. The van der Waals surface area contributed by atoms with Gasteiger partial charge in [-0.2, -0.15) is 0 Å². The third-order valence-electron chi connectivity index (χ3n) is 2.51. The van der Waals surface area contributed by atoms with Crippen molar-refractivity contribution < 1.29 is 4.39 Å². The van der Waals surface area contributed by atoms with Crippen molar-refractivity contribution in [3.8, 4) is 0 Å². The van der Waals surface area contributed by atoms with Crippen molar-refractivity contribution in [3.63, 3.8) is 0 Å². The molecule has 2 aromatic rings. The summed E-state index contributed by atoms with van der Waals surface area (Å²) in [5.41, 5.74) is 2.99. The Morgan fingerprint density at radius 1 is 1.35 bits per heavy atom. The number of anilines is 1. The molecule has 1 aromatic carbocycles. The highest BCUT2D eigenvalue weighted by Crippen LogP contribution is 2.18. The van der Waals surface area contributed by atoms with Gasteiger partial charge in [0.1, 0.15) is 5.82 Å². The molecular formula is C13H12BrFN2. The Bertz CT molecular complexity index is 529. The molecule has 0 aliphatic rings. The fourth-order valence-corrected chi connectivity index (χ4v) is 1.74. The van der Waals surface area contributed by atoms with Crippen LogP contribution in [0.2, 0.25) is 0 Å². The fraction of sp³-hybridized carbons (Fsp3) is 0.154. The number of nitrogens with one attached hydrogen (secondary N) is 1. The molecule has 0 radical (unpaired) electrons. The molecule has 0 aliphatic heterocycles. The molecule has 1 N–H and O–H groups in total. The highest BCUT2D eigenvalue weighted by molar-refractivity contribution is 9.10. The van der Waals surface area contributed by atoms with Crippen LogP contribution in [0, 0.1) is 12.7 Å². The van der Waals surface area contributed by atoms with E-state index < -0.39 is 0 Å². The minimum absolute atomic E-state index is 0.243. The number of aryl methyl sites for hydroxylation is 1. The van der Waals surface area contributed by atoms with Gasteiger partial charge in [0, 0.05) is 12.7 Å². The summed E-state index contributed by atoms with van der Waals surface area (Å²) in [5.74, 6) is -0.243. The number of benzene rings is 1. The molecular weight excluding hydrogens is 283 g/mol. The number of nitrogens with zero attached hydrogens (tertiary/aromatic N) is 1. The van der Waals surface area contributed by atoms with E-state index in [1.807, 2.05) is 19.1 Å². The van der Waals surface area contributed by atoms with E-state index in [4.69, 9.17) is 0 Å². The Kier molecular flexibility index (Phi) is 3.74. The lowest BCUT2D eigenvalue weighted by atomic mass is 10.2. The summed E-state index contributed by atoms with van der Waals surface area (Å²) in [6.07, 6.45) is 3.52. The molecule has 88 valence electrons. The van der Waals surface area contributed by atoms with Crippen LogP contribution in [-0.2, 0) is 6.54 Å². The van der Waals surface area contributed by atoms with Gasteiger partial charge in [-0.05, 0) is 52.2 Å². The molecule has 0 aliphatic carbocycles. The number of halogens is 2. The predicted molar refractivity (Wildman–Crippen MR) is 70.4 cm³/mol. The third kappa shape index (κ3) is 3.03. The lowest BCUT2D eigenvalue weighted by molar-refractivity contribution is 0.619. The van der Waals surface area contributed by atoms with Gasteiger partial charge in [0.25, 0.3) is 0 Å². The lowest BCUT2D eigenvalue weighted by Crippen LogP contribution is -2.01. The minimum Gasteiger partial charge on any atom is -0.380 e. The Balaban J connectivity index is 2.08. The van der Waals surface area contributed by atoms with Crippen molar-refractivity contribution in [1.82, 2.24) is 4.98 Å². The van der Waals surface area contributed by atoms with E-state index in [2.05, 4.69) is 26.2 Å². The van der Waals surface area contributed by atoms with E-state index >= 15 is 0 Å². The van der Waals surface area contributed by atoms with E-state index in [1.165, 1.54) is 6.07 Å². The number of pyridine rings is 1. The van der Waals surface area contributed by atoms with Crippen LogP contribution in [0.15, 0.2) is 41.1 Å². The summed E-state index contributed by atoms with van der Waals surface area (Å²) >= 11 is 3.13. The van der Waals surface area contributed by atoms with Gasteiger partial charge in [-0.25, -0.2) is 4.39 Å². The molecule has 2 nitrogen and oxygen atoms in total. The van der Waals surface area contributed by atoms with Crippen molar-refractivity contribution in [2.75, 3.05) is 5.32 Å².